The van der Waals surface area contributed by atoms with E-state index in [4.69, 9.17) is 4.74 Å². The van der Waals surface area contributed by atoms with E-state index < -0.39 is 5.97 Å². The van der Waals surface area contributed by atoms with E-state index >= 15 is 0 Å². The SMILES string of the molecule is COC(=O)c1ncc(-c2ccccc2)n2c(Br)cc(I)c12. The second-order valence-electron chi connectivity index (χ2n) is 4.35. The maximum Gasteiger partial charge on any atom is 0.358 e. The average molecular weight is 457 g/mol. The third kappa shape index (κ3) is 2.46. The van der Waals surface area contributed by atoms with Gasteiger partial charge in [0.05, 0.1) is 29.1 Å². The van der Waals surface area contributed by atoms with Crippen molar-refractivity contribution in [1.29, 1.82) is 0 Å². The fourth-order valence-corrected chi connectivity index (χ4v) is 4.03. The number of hydrogen-bond acceptors (Lipinski definition) is 3. The summed E-state index contributed by atoms with van der Waals surface area (Å²) in [6.45, 7) is 0. The Labute approximate surface area is 143 Å². The third-order valence-corrected chi connectivity index (χ3v) is 4.54. The molecule has 4 nitrogen and oxygen atoms in total. The van der Waals surface area contributed by atoms with Crippen LogP contribution in [0.2, 0.25) is 0 Å². The van der Waals surface area contributed by atoms with Crippen molar-refractivity contribution in [3.8, 4) is 11.3 Å². The van der Waals surface area contributed by atoms with Crippen LogP contribution >= 0.6 is 38.5 Å². The number of aromatic nitrogens is 2. The summed E-state index contributed by atoms with van der Waals surface area (Å²) in [6.07, 6.45) is 1.69. The highest BCUT2D eigenvalue weighted by atomic mass is 127. The highest BCUT2D eigenvalue weighted by Crippen LogP contribution is 2.31. The van der Waals surface area contributed by atoms with E-state index in [1.807, 2.05) is 40.8 Å². The van der Waals surface area contributed by atoms with Crippen molar-refractivity contribution in [2.45, 2.75) is 0 Å². The summed E-state index contributed by atoms with van der Waals surface area (Å²) in [5.74, 6) is -0.442. The van der Waals surface area contributed by atoms with Gasteiger partial charge in [-0.05, 0) is 44.6 Å². The lowest BCUT2D eigenvalue weighted by Crippen LogP contribution is -2.08. The number of halogens is 2. The quantitative estimate of drug-likeness (QED) is 0.429. The summed E-state index contributed by atoms with van der Waals surface area (Å²) in [7, 11) is 1.36. The molecule has 0 aliphatic rings. The summed E-state index contributed by atoms with van der Waals surface area (Å²) in [5, 5.41) is 0. The molecule has 0 fully saturated rings. The van der Waals surface area contributed by atoms with Gasteiger partial charge in [0, 0.05) is 9.13 Å². The Bertz CT molecular complexity index is 831. The first kappa shape index (κ1) is 14.5. The molecular weight excluding hydrogens is 447 g/mol. The van der Waals surface area contributed by atoms with Crippen LogP contribution in [0.3, 0.4) is 0 Å². The lowest BCUT2D eigenvalue weighted by molar-refractivity contribution is 0.0596. The van der Waals surface area contributed by atoms with Crippen LogP contribution in [0.1, 0.15) is 10.5 Å². The van der Waals surface area contributed by atoms with Gasteiger partial charge in [-0.15, -0.1) is 0 Å². The van der Waals surface area contributed by atoms with Crippen LogP contribution in [-0.4, -0.2) is 22.5 Å². The first-order chi connectivity index (χ1) is 10.1. The summed E-state index contributed by atoms with van der Waals surface area (Å²) in [4.78, 5) is 16.2. The zero-order valence-corrected chi connectivity index (χ0v) is 14.8. The van der Waals surface area contributed by atoms with E-state index in [2.05, 4.69) is 43.5 Å². The summed E-state index contributed by atoms with van der Waals surface area (Å²) < 4.78 is 8.59. The molecule has 0 bridgehead atoms. The molecule has 0 amide bonds. The number of nitrogens with zero attached hydrogens (tertiary/aromatic N) is 2. The monoisotopic (exact) mass is 456 g/mol. The Hall–Kier alpha value is -1.41. The molecule has 0 aliphatic heterocycles. The largest absolute Gasteiger partial charge is 0.464 e. The molecule has 0 saturated heterocycles. The topological polar surface area (TPSA) is 43.6 Å². The second-order valence-corrected chi connectivity index (χ2v) is 6.32. The van der Waals surface area contributed by atoms with E-state index in [9.17, 15) is 4.79 Å². The Kier molecular flexibility index (Phi) is 3.99. The highest BCUT2D eigenvalue weighted by molar-refractivity contribution is 14.1. The van der Waals surface area contributed by atoms with Crippen molar-refractivity contribution >= 4 is 50.0 Å². The molecule has 21 heavy (non-hydrogen) atoms. The number of fused-ring (bicyclic) bond motifs is 1. The van der Waals surface area contributed by atoms with E-state index in [0.717, 1.165) is 24.9 Å². The van der Waals surface area contributed by atoms with Gasteiger partial charge in [-0.1, -0.05) is 30.3 Å². The minimum Gasteiger partial charge on any atom is -0.464 e. The molecule has 3 aromatic rings. The normalized spacial score (nSPS) is 10.8. The van der Waals surface area contributed by atoms with Gasteiger partial charge in [0.25, 0.3) is 0 Å². The van der Waals surface area contributed by atoms with Crippen LogP contribution in [0, 0.1) is 3.57 Å². The van der Waals surface area contributed by atoms with Gasteiger partial charge in [0.2, 0.25) is 0 Å². The number of carbonyl (C=O) groups is 1. The zero-order valence-electron chi connectivity index (χ0n) is 11.0. The van der Waals surface area contributed by atoms with Crippen LogP contribution < -0.4 is 0 Å². The third-order valence-electron chi connectivity index (χ3n) is 3.14. The first-order valence-corrected chi connectivity index (χ1v) is 8.00. The Balaban J connectivity index is 2.38. The van der Waals surface area contributed by atoms with Crippen molar-refractivity contribution in [3.63, 3.8) is 0 Å². The number of methoxy groups -OCH3 is 1. The molecule has 2 aromatic heterocycles. The van der Waals surface area contributed by atoms with E-state index in [0.29, 0.717) is 5.69 Å². The molecule has 0 unspecified atom stereocenters. The number of rotatable bonds is 2. The Morgan fingerprint density at radius 3 is 2.71 bits per heavy atom. The molecule has 106 valence electrons. The van der Waals surface area contributed by atoms with Crippen molar-refractivity contribution in [2.75, 3.05) is 7.11 Å². The average Bonchev–Trinajstić information content (AvgIpc) is 2.82. The van der Waals surface area contributed by atoms with Crippen LogP contribution in [-0.2, 0) is 4.74 Å². The number of carbonyl (C=O) groups excluding carboxylic acids is 1. The number of ether oxygens (including phenoxy) is 1. The molecule has 0 N–H and O–H groups in total. The molecule has 0 radical (unpaired) electrons. The highest BCUT2D eigenvalue weighted by Gasteiger charge is 2.20. The fourth-order valence-electron chi connectivity index (χ4n) is 2.21. The number of benzene rings is 1. The molecule has 0 atom stereocenters. The molecule has 0 aliphatic carbocycles. The lowest BCUT2D eigenvalue weighted by atomic mass is 10.1. The molecular formula is C15H10BrIN2O2. The zero-order chi connectivity index (χ0) is 15.0. The van der Waals surface area contributed by atoms with Gasteiger partial charge in [-0.3, -0.25) is 4.40 Å². The molecule has 0 saturated carbocycles. The maximum atomic E-state index is 11.9. The number of esters is 1. The van der Waals surface area contributed by atoms with Crippen molar-refractivity contribution in [3.05, 3.63) is 56.5 Å². The summed E-state index contributed by atoms with van der Waals surface area (Å²) in [6, 6.07) is 11.9. The summed E-state index contributed by atoms with van der Waals surface area (Å²) in [5.41, 5.74) is 3.00. The Morgan fingerprint density at radius 1 is 1.33 bits per heavy atom. The Morgan fingerprint density at radius 2 is 2.05 bits per heavy atom. The van der Waals surface area contributed by atoms with Gasteiger partial charge in [0.15, 0.2) is 5.69 Å². The number of hydrogen-bond donors (Lipinski definition) is 0. The lowest BCUT2D eigenvalue weighted by Gasteiger charge is -2.10. The molecule has 0 spiro atoms. The second kappa shape index (κ2) is 5.76. The van der Waals surface area contributed by atoms with Gasteiger partial charge in [-0.25, -0.2) is 9.78 Å². The molecule has 6 heteroatoms. The minimum atomic E-state index is -0.442. The maximum absolute atomic E-state index is 11.9. The van der Waals surface area contributed by atoms with Crippen molar-refractivity contribution in [1.82, 2.24) is 9.38 Å². The van der Waals surface area contributed by atoms with E-state index in [-0.39, 0.29) is 0 Å². The van der Waals surface area contributed by atoms with Crippen LogP contribution in [0.15, 0.2) is 47.2 Å². The first-order valence-electron chi connectivity index (χ1n) is 6.12. The molecule has 1 aromatic carbocycles. The van der Waals surface area contributed by atoms with Crippen molar-refractivity contribution < 1.29 is 9.53 Å². The fraction of sp³-hybridized carbons (Fsp3) is 0.0667. The van der Waals surface area contributed by atoms with Gasteiger partial charge in [-0.2, -0.15) is 0 Å². The van der Waals surface area contributed by atoms with E-state index in [1.54, 1.807) is 6.20 Å². The van der Waals surface area contributed by atoms with Gasteiger partial charge < -0.3 is 4.74 Å². The smallest absolute Gasteiger partial charge is 0.358 e. The van der Waals surface area contributed by atoms with Crippen LogP contribution in [0.25, 0.3) is 16.8 Å². The van der Waals surface area contributed by atoms with Gasteiger partial charge in [0.1, 0.15) is 0 Å². The van der Waals surface area contributed by atoms with Crippen LogP contribution in [0.4, 0.5) is 0 Å². The predicted molar refractivity (Wildman–Crippen MR) is 92.4 cm³/mol. The minimum absolute atomic E-state index is 0.312. The molecule has 3 rings (SSSR count). The summed E-state index contributed by atoms with van der Waals surface area (Å²) >= 11 is 5.74. The van der Waals surface area contributed by atoms with Crippen molar-refractivity contribution in [2.24, 2.45) is 0 Å². The van der Waals surface area contributed by atoms with Gasteiger partial charge >= 0.3 is 5.97 Å². The predicted octanol–water partition coefficient (Wildman–Crippen LogP) is 4.16. The molecule has 2 heterocycles. The standard InChI is InChI=1S/C15H10BrIN2O2/c1-21-15(20)13-14-10(17)7-12(16)19(14)11(8-18-13)9-5-3-2-4-6-9/h2-8H,1H3. The van der Waals surface area contributed by atoms with E-state index in [1.165, 1.54) is 7.11 Å². The van der Waals surface area contributed by atoms with Crippen LogP contribution in [0.5, 0.6) is 0 Å².